The van der Waals surface area contributed by atoms with E-state index >= 15 is 0 Å². The van der Waals surface area contributed by atoms with Crippen molar-refractivity contribution in [3.63, 3.8) is 0 Å². The molecule has 3 aromatic carbocycles. The maximum absolute atomic E-state index is 7.10. The van der Waals surface area contributed by atoms with Gasteiger partial charge in [0, 0.05) is 26.1 Å². The third-order valence-corrected chi connectivity index (χ3v) is 9.46. The van der Waals surface area contributed by atoms with E-state index in [1.807, 2.05) is 6.20 Å². The number of aromatic nitrogens is 1. The smallest absolute Gasteiger partial charge is 0.136 e. The van der Waals surface area contributed by atoms with E-state index in [1.54, 1.807) is 0 Å². The van der Waals surface area contributed by atoms with Crippen LogP contribution in [0.2, 0.25) is 0 Å². The highest BCUT2D eigenvalue weighted by molar-refractivity contribution is 8.31. The van der Waals surface area contributed by atoms with E-state index in [0.29, 0.717) is 0 Å². The summed E-state index contributed by atoms with van der Waals surface area (Å²) in [5, 5.41) is 1.17. The topological polar surface area (TPSA) is 22.1 Å². The molecule has 0 aliphatic heterocycles. The van der Waals surface area contributed by atoms with E-state index in [0.717, 1.165) is 17.7 Å². The van der Waals surface area contributed by atoms with E-state index in [-0.39, 0.29) is 4.75 Å². The van der Waals surface area contributed by atoms with Gasteiger partial charge in [0.2, 0.25) is 0 Å². The van der Waals surface area contributed by atoms with Crippen LogP contribution in [0.1, 0.15) is 33.3 Å². The van der Waals surface area contributed by atoms with E-state index in [4.69, 9.17) is 4.18 Å². The summed E-state index contributed by atoms with van der Waals surface area (Å²) in [6, 6.07) is 29.8. The van der Waals surface area contributed by atoms with Crippen molar-refractivity contribution in [2.75, 3.05) is 0 Å². The molecule has 0 aliphatic rings. The molecule has 0 saturated heterocycles. The first-order chi connectivity index (χ1) is 14.5. The van der Waals surface area contributed by atoms with Gasteiger partial charge < -0.3 is 4.18 Å². The molecule has 0 unspecified atom stereocenters. The third-order valence-electron chi connectivity index (χ3n) is 5.42. The normalized spacial score (nSPS) is 12.7. The zero-order chi connectivity index (χ0) is 21.2. The summed E-state index contributed by atoms with van der Waals surface area (Å²) in [7, 11) is -1.83. The molecule has 154 valence electrons. The maximum atomic E-state index is 7.10. The quantitative estimate of drug-likeness (QED) is 0.331. The number of aryl methyl sites for hydroxylation is 1. The van der Waals surface area contributed by atoms with Crippen molar-refractivity contribution in [3.8, 4) is 5.75 Å². The van der Waals surface area contributed by atoms with Gasteiger partial charge in [-0.05, 0) is 91.6 Å². The van der Waals surface area contributed by atoms with Crippen LogP contribution >= 0.6 is 10.3 Å². The van der Waals surface area contributed by atoms with Crippen molar-refractivity contribution < 1.29 is 4.18 Å². The zero-order valence-electron chi connectivity index (χ0n) is 18.1. The lowest BCUT2D eigenvalue weighted by Crippen LogP contribution is -2.29. The number of rotatable bonds is 5. The molecule has 3 heteroatoms. The fraction of sp³-hybridized carbons (Fsp3) is 0.222. The molecular formula is C27H29NOS. The second kappa shape index (κ2) is 8.16. The summed E-state index contributed by atoms with van der Waals surface area (Å²) in [6.07, 6.45) is 2.86. The summed E-state index contributed by atoms with van der Waals surface area (Å²) in [6.45, 7) is 9.02. The van der Waals surface area contributed by atoms with Crippen LogP contribution in [0, 0.1) is 0 Å². The van der Waals surface area contributed by atoms with Crippen molar-refractivity contribution in [1.29, 1.82) is 0 Å². The minimum absolute atomic E-state index is 0.118. The lowest BCUT2D eigenvalue weighted by atomic mass is 10.1. The Bertz CT molecular complexity index is 1090. The van der Waals surface area contributed by atoms with Gasteiger partial charge in [-0.2, -0.15) is 0 Å². The van der Waals surface area contributed by atoms with Crippen LogP contribution in [0.15, 0.2) is 101 Å². The Morgan fingerprint density at radius 1 is 0.800 bits per heavy atom. The second-order valence-corrected chi connectivity index (χ2v) is 11.8. The maximum Gasteiger partial charge on any atom is 0.136 e. The standard InChI is InChI=1S/C27H29NOS/c1-5-21-18-19-28-26-17-16-22(20-25(21)26)29-30(27(2,3)4,23-12-8-6-9-13-23)24-14-10-7-11-15-24/h6-20H,5H2,1-4H3. The van der Waals surface area contributed by atoms with Crippen LogP contribution in [0.3, 0.4) is 0 Å². The van der Waals surface area contributed by atoms with Gasteiger partial charge >= 0.3 is 0 Å². The lowest BCUT2D eigenvalue weighted by molar-refractivity contribution is 0.574. The Labute approximate surface area is 181 Å². The lowest BCUT2D eigenvalue weighted by Gasteiger charge is -2.50. The second-order valence-electron chi connectivity index (χ2n) is 8.38. The van der Waals surface area contributed by atoms with Gasteiger partial charge in [-0.25, -0.2) is 0 Å². The van der Waals surface area contributed by atoms with Gasteiger partial charge in [0.15, 0.2) is 0 Å². The van der Waals surface area contributed by atoms with E-state index in [2.05, 4.69) is 118 Å². The first-order valence-corrected chi connectivity index (χ1v) is 12.0. The molecule has 0 fully saturated rings. The Morgan fingerprint density at radius 3 is 1.93 bits per heavy atom. The van der Waals surface area contributed by atoms with Crippen molar-refractivity contribution in [2.24, 2.45) is 0 Å². The highest BCUT2D eigenvalue weighted by Gasteiger charge is 2.42. The molecule has 0 radical (unpaired) electrons. The van der Waals surface area contributed by atoms with Gasteiger partial charge in [-0.3, -0.25) is 4.98 Å². The van der Waals surface area contributed by atoms with Gasteiger partial charge in [-0.15, -0.1) is 0 Å². The van der Waals surface area contributed by atoms with Crippen LogP contribution in [0.4, 0.5) is 0 Å². The summed E-state index contributed by atoms with van der Waals surface area (Å²) in [5.41, 5.74) is 2.30. The SMILES string of the molecule is CCc1ccnc2ccc(OS(c3ccccc3)(c3ccccc3)C(C)(C)C)cc12. The van der Waals surface area contributed by atoms with Crippen molar-refractivity contribution in [3.05, 3.63) is 96.7 Å². The first kappa shape index (κ1) is 20.5. The third kappa shape index (κ3) is 3.59. The zero-order valence-corrected chi connectivity index (χ0v) is 18.9. The van der Waals surface area contributed by atoms with E-state index < -0.39 is 10.3 Å². The van der Waals surface area contributed by atoms with Crippen molar-refractivity contribution in [1.82, 2.24) is 4.98 Å². The van der Waals surface area contributed by atoms with Crippen LogP contribution in [-0.4, -0.2) is 9.73 Å². The molecule has 1 heterocycles. The first-order valence-electron chi connectivity index (χ1n) is 10.5. The summed E-state index contributed by atoms with van der Waals surface area (Å²) in [5.74, 6) is 0.892. The Morgan fingerprint density at radius 2 is 1.40 bits per heavy atom. The van der Waals surface area contributed by atoms with Gasteiger partial charge in [0.25, 0.3) is 0 Å². The average molecular weight is 416 g/mol. The Balaban J connectivity index is 1.94. The van der Waals surface area contributed by atoms with Crippen LogP contribution in [0.5, 0.6) is 5.75 Å². The molecule has 4 rings (SSSR count). The largest absolute Gasteiger partial charge is 0.440 e. The molecular weight excluding hydrogens is 386 g/mol. The number of pyridine rings is 1. The van der Waals surface area contributed by atoms with Crippen molar-refractivity contribution >= 4 is 21.2 Å². The minimum Gasteiger partial charge on any atom is -0.440 e. The highest BCUT2D eigenvalue weighted by Crippen LogP contribution is 2.70. The fourth-order valence-corrected chi connectivity index (χ4v) is 7.58. The van der Waals surface area contributed by atoms with Gasteiger partial charge in [-0.1, -0.05) is 43.3 Å². The van der Waals surface area contributed by atoms with E-state index in [1.165, 1.54) is 20.7 Å². The minimum atomic E-state index is -1.83. The summed E-state index contributed by atoms with van der Waals surface area (Å²) in [4.78, 5) is 7.00. The molecule has 4 aromatic rings. The fourth-order valence-electron chi connectivity index (χ4n) is 3.98. The number of hydrogen-bond donors (Lipinski definition) is 0. The molecule has 0 amide bonds. The molecule has 0 aliphatic carbocycles. The molecule has 0 bridgehead atoms. The Kier molecular flexibility index (Phi) is 5.57. The monoisotopic (exact) mass is 415 g/mol. The number of nitrogens with zero attached hydrogens (tertiary/aromatic N) is 1. The average Bonchev–Trinajstić information content (AvgIpc) is 2.77. The molecule has 0 spiro atoms. The molecule has 2 nitrogen and oxygen atoms in total. The van der Waals surface area contributed by atoms with Crippen LogP contribution < -0.4 is 4.18 Å². The molecule has 0 atom stereocenters. The molecule has 0 saturated carbocycles. The Hall–Kier alpha value is -2.78. The molecule has 30 heavy (non-hydrogen) atoms. The van der Waals surface area contributed by atoms with E-state index in [9.17, 15) is 0 Å². The highest BCUT2D eigenvalue weighted by atomic mass is 32.3. The molecule has 0 N–H and O–H groups in total. The predicted molar refractivity (Wildman–Crippen MR) is 129 cm³/mol. The summed E-state index contributed by atoms with van der Waals surface area (Å²) < 4.78 is 6.98. The van der Waals surface area contributed by atoms with Crippen LogP contribution in [0.25, 0.3) is 10.9 Å². The van der Waals surface area contributed by atoms with Gasteiger partial charge in [0.1, 0.15) is 5.75 Å². The number of fused-ring (bicyclic) bond motifs is 1. The van der Waals surface area contributed by atoms with Crippen LogP contribution in [-0.2, 0) is 6.42 Å². The predicted octanol–water partition coefficient (Wildman–Crippen LogP) is 7.81. The molecule has 1 aromatic heterocycles. The summed E-state index contributed by atoms with van der Waals surface area (Å²) >= 11 is 0. The number of benzene rings is 3. The number of hydrogen-bond acceptors (Lipinski definition) is 2. The van der Waals surface area contributed by atoms with Crippen molar-refractivity contribution in [2.45, 2.75) is 48.7 Å². The van der Waals surface area contributed by atoms with Gasteiger partial charge in [0.05, 0.1) is 5.52 Å².